The number of anilines is 1. The molecule has 1 amide bonds. The number of benzene rings is 3. The van der Waals surface area contributed by atoms with Crippen LogP contribution >= 0.6 is 0 Å². The third kappa shape index (κ3) is 5.22. The molecule has 6 heteroatoms. The fraction of sp³-hybridized carbons (Fsp3) is 0.200. The minimum absolute atomic E-state index is 0.248. The van der Waals surface area contributed by atoms with Crippen molar-refractivity contribution in [1.29, 1.82) is 0 Å². The molecule has 3 aromatic carbocycles. The standard InChI is InChI=1S/C25H25NO5/c1-16-10-11-17(2)20(14-16)26-24(27)23(18-8-6-5-7-9-18)31-25(28)19-12-13-21(29-3)22(15-19)30-4/h5-15,23H,1-4H3,(H,26,27). The Morgan fingerprint density at radius 2 is 1.55 bits per heavy atom. The zero-order valence-electron chi connectivity index (χ0n) is 18.0. The van der Waals surface area contributed by atoms with Gasteiger partial charge < -0.3 is 19.5 Å². The topological polar surface area (TPSA) is 73.9 Å². The van der Waals surface area contributed by atoms with Gasteiger partial charge in [0.05, 0.1) is 19.8 Å². The summed E-state index contributed by atoms with van der Waals surface area (Å²) in [6.45, 7) is 3.85. The number of carbonyl (C=O) groups is 2. The Bertz CT molecular complexity index is 1080. The average Bonchev–Trinajstić information content (AvgIpc) is 2.79. The molecule has 160 valence electrons. The van der Waals surface area contributed by atoms with Crippen molar-refractivity contribution in [3.63, 3.8) is 0 Å². The van der Waals surface area contributed by atoms with Gasteiger partial charge in [-0.05, 0) is 49.2 Å². The second-order valence-corrected chi connectivity index (χ2v) is 7.07. The third-order valence-electron chi connectivity index (χ3n) is 4.84. The molecular formula is C25H25NO5. The maximum atomic E-state index is 13.1. The molecule has 0 heterocycles. The van der Waals surface area contributed by atoms with Crippen molar-refractivity contribution in [3.8, 4) is 11.5 Å². The molecular weight excluding hydrogens is 394 g/mol. The van der Waals surface area contributed by atoms with Gasteiger partial charge in [0.25, 0.3) is 5.91 Å². The molecule has 0 aliphatic heterocycles. The quantitative estimate of drug-likeness (QED) is 0.554. The molecule has 31 heavy (non-hydrogen) atoms. The van der Waals surface area contributed by atoms with Crippen LogP contribution in [0.4, 0.5) is 5.69 Å². The first-order valence-corrected chi connectivity index (χ1v) is 9.79. The van der Waals surface area contributed by atoms with Gasteiger partial charge in [0.2, 0.25) is 6.10 Å². The molecule has 0 fully saturated rings. The van der Waals surface area contributed by atoms with Gasteiger partial charge in [0.1, 0.15) is 0 Å². The summed E-state index contributed by atoms with van der Waals surface area (Å²) in [7, 11) is 3.00. The predicted molar refractivity (Wildman–Crippen MR) is 119 cm³/mol. The molecule has 0 saturated carbocycles. The Morgan fingerprint density at radius 1 is 0.839 bits per heavy atom. The van der Waals surface area contributed by atoms with E-state index in [9.17, 15) is 9.59 Å². The average molecular weight is 419 g/mol. The van der Waals surface area contributed by atoms with Gasteiger partial charge >= 0.3 is 5.97 Å². The van der Waals surface area contributed by atoms with E-state index < -0.39 is 18.0 Å². The fourth-order valence-corrected chi connectivity index (χ4v) is 3.11. The van der Waals surface area contributed by atoms with E-state index in [1.54, 1.807) is 36.4 Å². The van der Waals surface area contributed by atoms with E-state index in [2.05, 4.69) is 5.32 Å². The van der Waals surface area contributed by atoms with E-state index in [4.69, 9.17) is 14.2 Å². The van der Waals surface area contributed by atoms with Gasteiger partial charge in [-0.25, -0.2) is 4.79 Å². The van der Waals surface area contributed by atoms with Crippen molar-refractivity contribution >= 4 is 17.6 Å². The normalized spacial score (nSPS) is 11.4. The van der Waals surface area contributed by atoms with Gasteiger partial charge in [-0.15, -0.1) is 0 Å². The van der Waals surface area contributed by atoms with Crippen LogP contribution in [0.1, 0.15) is 33.2 Å². The zero-order valence-corrected chi connectivity index (χ0v) is 18.0. The molecule has 0 radical (unpaired) electrons. The lowest BCUT2D eigenvalue weighted by molar-refractivity contribution is -0.125. The van der Waals surface area contributed by atoms with Crippen LogP contribution in [0, 0.1) is 13.8 Å². The number of hydrogen-bond acceptors (Lipinski definition) is 5. The van der Waals surface area contributed by atoms with Crippen LogP contribution in [-0.2, 0) is 9.53 Å². The summed E-state index contributed by atoms with van der Waals surface area (Å²) in [5.41, 5.74) is 3.42. The lowest BCUT2D eigenvalue weighted by Crippen LogP contribution is -2.26. The molecule has 3 aromatic rings. The van der Waals surface area contributed by atoms with E-state index in [0.29, 0.717) is 22.7 Å². The first kappa shape index (κ1) is 21.9. The molecule has 0 spiro atoms. The van der Waals surface area contributed by atoms with Crippen molar-refractivity contribution in [2.75, 3.05) is 19.5 Å². The second-order valence-electron chi connectivity index (χ2n) is 7.07. The van der Waals surface area contributed by atoms with Crippen LogP contribution in [0.3, 0.4) is 0 Å². The van der Waals surface area contributed by atoms with Gasteiger partial charge in [0, 0.05) is 11.3 Å². The molecule has 0 aromatic heterocycles. The molecule has 0 aliphatic rings. The number of ether oxygens (including phenoxy) is 3. The second kappa shape index (κ2) is 9.80. The highest BCUT2D eigenvalue weighted by Gasteiger charge is 2.26. The van der Waals surface area contributed by atoms with Crippen LogP contribution in [0.15, 0.2) is 66.7 Å². The number of methoxy groups -OCH3 is 2. The summed E-state index contributed by atoms with van der Waals surface area (Å²) in [4.78, 5) is 26.0. The van der Waals surface area contributed by atoms with Crippen LogP contribution in [0.2, 0.25) is 0 Å². The van der Waals surface area contributed by atoms with Crippen molar-refractivity contribution in [1.82, 2.24) is 0 Å². The van der Waals surface area contributed by atoms with E-state index in [0.717, 1.165) is 11.1 Å². The minimum Gasteiger partial charge on any atom is -0.493 e. The number of rotatable bonds is 7. The van der Waals surface area contributed by atoms with Gasteiger partial charge in [-0.3, -0.25) is 4.79 Å². The molecule has 0 saturated heterocycles. The first-order valence-electron chi connectivity index (χ1n) is 9.79. The summed E-state index contributed by atoms with van der Waals surface area (Å²) in [6, 6.07) is 19.4. The summed E-state index contributed by atoms with van der Waals surface area (Å²) >= 11 is 0. The van der Waals surface area contributed by atoms with Crippen molar-refractivity contribution in [3.05, 3.63) is 89.0 Å². The van der Waals surface area contributed by atoms with Crippen LogP contribution < -0.4 is 14.8 Å². The maximum absolute atomic E-state index is 13.1. The molecule has 6 nitrogen and oxygen atoms in total. The summed E-state index contributed by atoms with van der Waals surface area (Å²) in [5.74, 6) is -0.195. The summed E-state index contributed by atoms with van der Waals surface area (Å²) in [6.07, 6.45) is -1.12. The van der Waals surface area contributed by atoms with Crippen molar-refractivity contribution < 1.29 is 23.8 Å². The van der Waals surface area contributed by atoms with Gasteiger partial charge in [-0.2, -0.15) is 0 Å². The number of esters is 1. The van der Waals surface area contributed by atoms with Crippen LogP contribution in [0.5, 0.6) is 11.5 Å². The fourth-order valence-electron chi connectivity index (χ4n) is 3.11. The maximum Gasteiger partial charge on any atom is 0.339 e. The first-order chi connectivity index (χ1) is 14.9. The largest absolute Gasteiger partial charge is 0.493 e. The number of carbonyl (C=O) groups excluding carboxylic acids is 2. The van der Waals surface area contributed by atoms with Crippen molar-refractivity contribution in [2.24, 2.45) is 0 Å². The van der Waals surface area contributed by atoms with E-state index in [1.807, 2.05) is 38.1 Å². The van der Waals surface area contributed by atoms with E-state index in [-0.39, 0.29) is 5.56 Å². The Kier molecular flexibility index (Phi) is 6.92. The summed E-state index contributed by atoms with van der Waals surface area (Å²) < 4.78 is 16.1. The molecule has 1 atom stereocenters. The lowest BCUT2D eigenvalue weighted by Gasteiger charge is -2.19. The lowest BCUT2D eigenvalue weighted by atomic mass is 10.1. The Balaban J connectivity index is 1.88. The SMILES string of the molecule is COc1ccc(C(=O)OC(C(=O)Nc2cc(C)ccc2C)c2ccccc2)cc1OC. The van der Waals surface area contributed by atoms with Crippen LogP contribution in [-0.4, -0.2) is 26.1 Å². The molecule has 0 aliphatic carbocycles. The number of amides is 1. The number of nitrogens with one attached hydrogen (secondary N) is 1. The Labute approximate surface area is 181 Å². The highest BCUT2D eigenvalue weighted by molar-refractivity contribution is 5.98. The third-order valence-corrected chi connectivity index (χ3v) is 4.84. The molecule has 1 unspecified atom stereocenters. The highest BCUT2D eigenvalue weighted by atomic mass is 16.5. The predicted octanol–water partition coefficient (Wildman–Crippen LogP) is 4.86. The zero-order chi connectivity index (χ0) is 22.4. The monoisotopic (exact) mass is 419 g/mol. The van der Waals surface area contributed by atoms with Gasteiger partial charge in [-0.1, -0.05) is 42.5 Å². The Morgan fingerprint density at radius 3 is 2.23 bits per heavy atom. The summed E-state index contributed by atoms with van der Waals surface area (Å²) in [5, 5.41) is 2.89. The Hall–Kier alpha value is -3.80. The van der Waals surface area contributed by atoms with E-state index in [1.165, 1.54) is 20.3 Å². The van der Waals surface area contributed by atoms with Gasteiger partial charge in [0.15, 0.2) is 11.5 Å². The molecule has 1 N–H and O–H groups in total. The highest BCUT2D eigenvalue weighted by Crippen LogP contribution is 2.29. The minimum atomic E-state index is -1.12. The molecule has 0 bridgehead atoms. The smallest absolute Gasteiger partial charge is 0.339 e. The van der Waals surface area contributed by atoms with Crippen LogP contribution in [0.25, 0.3) is 0 Å². The number of aryl methyl sites for hydroxylation is 2. The molecule has 3 rings (SSSR count). The van der Waals surface area contributed by atoms with Crippen molar-refractivity contribution in [2.45, 2.75) is 20.0 Å². The van der Waals surface area contributed by atoms with E-state index >= 15 is 0 Å². The number of hydrogen-bond donors (Lipinski definition) is 1.